The first-order valence-corrected chi connectivity index (χ1v) is 11.4. The zero-order valence-corrected chi connectivity index (χ0v) is 19.3. The minimum atomic E-state index is -4.94. The number of ether oxygens (including phenoxy) is 1. The number of carbonyl (C=O) groups is 2. The summed E-state index contributed by atoms with van der Waals surface area (Å²) in [4.78, 5) is 27.1. The maximum atomic E-state index is 14.4. The van der Waals surface area contributed by atoms with Crippen LogP contribution >= 0.6 is 0 Å². The van der Waals surface area contributed by atoms with Crippen LogP contribution in [-0.4, -0.2) is 49.6 Å². The van der Waals surface area contributed by atoms with Gasteiger partial charge < -0.3 is 15.0 Å². The van der Waals surface area contributed by atoms with Gasteiger partial charge in [-0.05, 0) is 36.3 Å². The number of rotatable bonds is 4. The third kappa shape index (κ3) is 3.98. The molecule has 34 heavy (non-hydrogen) atoms. The van der Waals surface area contributed by atoms with Crippen LogP contribution in [0.5, 0.6) is 0 Å². The van der Waals surface area contributed by atoms with Crippen LogP contribution in [0.2, 0.25) is 0 Å². The standard InChI is InChI=1S/C26H29F3N2O3/c1-18-8-6-7-11-20(18)21-17-30-22(32)16-24(21)12-14-31(15-13-24)23(33)25(34-2,26(27,28)29)19-9-4-3-5-10-19/h3-11,21H,12-17H2,1-2H3,(H,30,32)/t21?,25-/m1/s1. The van der Waals surface area contributed by atoms with Crippen LogP contribution in [0.25, 0.3) is 0 Å². The molecule has 2 heterocycles. The van der Waals surface area contributed by atoms with Crippen LogP contribution in [0.1, 0.15) is 41.9 Å². The van der Waals surface area contributed by atoms with Crippen LogP contribution in [0.15, 0.2) is 54.6 Å². The minimum Gasteiger partial charge on any atom is -0.356 e. The van der Waals surface area contributed by atoms with E-state index in [9.17, 15) is 22.8 Å². The van der Waals surface area contributed by atoms with E-state index in [2.05, 4.69) is 5.32 Å². The van der Waals surface area contributed by atoms with E-state index in [0.717, 1.165) is 18.2 Å². The molecule has 2 saturated heterocycles. The summed E-state index contributed by atoms with van der Waals surface area (Å²) < 4.78 is 48.1. The lowest BCUT2D eigenvalue weighted by Gasteiger charge is -2.50. The number of nitrogens with zero attached hydrogens (tertiary/aromatic N) is 1. The minimum absolute atomic E-state index is 0.0348. The highest BCUT2D eigenvalue weighted by Gasteiger charge is 2.64. The molecule has 2 aromatic carbocycles. The van der Waals surface area contributed by atoms with E-state index in [1.807, 2.05) is 31.2 Å². The van der Waals surface area contributed by atoms with E-state index in [-0.39, 0.29) is 30.5 Å². The molecule has 1 spiro atoms. The maximum absolute atomic E-state index is 14.4. The molecule has 2 aromatic rings. The number of amides is 2. The molecule has 0 saturated carbocycles. The number of aryl methyl sites for hydroxylation is 1. The Balaban J connectivity index is 1.63. The van der Waals surface area contributed by atoms with Crippen molar-refractivity contribution in [2.45, 2.75) is 43.9 Å². The largest absolute Gasteiger partial charge is 0.430 e. The Morgan fingerprint density at radius 1 is 1.06 bits per heavy atom. The van der Waals surface area contributed by atoms with E-state index in [1.54, 1.807) is 6.07 Å². The molecule has 0 aliphatic carbocycles. The lowest BCUT2D eigenvalue weighted by Crippen LogP contribution is -2.60. The summed E-state index contributed by atoms with van der Waals surface area (Å²) in [5.41, 5.74) is -1.48. The summed E-state index contributed by atoms with van der Waals surface area (Å²) in [6, 6.07) is 15.0. The first-order valence-electron chi connectivity index (χ1n) is 11.4. The first kappa shape index (κ1) is 24.3. The molecule has 2 amide bonds. The van der Waals surface area contributed by atoms with E-state index >= 15 is 0 Å². The van der Waals surface area contributed by atoms with Crippen molar-refractivity contribution in [3.8, 4) is 0 Å². The van der Waals surface area contributed by atoms with Crippen molar-refractivity contribution in [3.63, 3.8) is 0 Å². The summed E-state index contributed by atoms with van der Waals surface area (Å²) in [5, 5.41) is 2.95. The van der Waals surface area contributed by atoms with Crippen molar-refractivity contribution < 1.29 is 27.5 Å². The lowest BCUT2D eigenvalue weighted by molar-refractivity contribution is -0.271. The fourth-order valence-corrected chi connectivity index (χ4v) is 5.66. The number of carbonyl (C=O) groups excluding carboxylic acids is 2. The molecule has 182 valence electrons. The average molecular weight is 475 g/mol. The van der Waals surface area contributed by atoms with Crippen molar-refractivity contribution in [2.24, 2.45) is 5.41 Å². The molecule has 2 fully saturated rings. The van der Waals surface area contributed by atoms with E-state index in [0.29, 0.717) is 25.8 Å². The molecule has 2 aliphatic heterocycles. The van der Waals surface area contributed by atoms with Crippen molar-refractivity contribution in [3.05, 3.63) is 71.3 Å². The summed E-state index contributed by atoms with van der Waals surface area (Å²) in [5.74, 6) is -1.14. The number of piperidine rings is 2. The van der Waals surface area contributed by atoms with Gasteiger partial charge in [0.05, 0.1) is 0 Å². The molecular formula is C26H29F3N2O3. The van der Waals surface area contributed by atoms with Gasteiger partial charge in [0.25, 0.3) is 11.5 Å². The van der Waals surface area contributed by atoms with Crippen molar-refractivity contribution in [1.29, 1.82) is 0 Å². The van der Waals surface area contributed by atoms with E-state index in [1.165, 1.54) is 29.2 Å². The molecule has 0 radical (unpaired) electrons. The smallest absolute Gasteiger partial charge is 0.356 e. The van der Waals surface area contributed by atoms with Gasteiger partial charge in [-0.2, -0.15) is 13.2 Å². The Morgan fingerprint density at radius 2 is 1.68 bits per heavy atom. The predicted octanol–water partition coefficient (Wildman–Crippen LogP) is 4.31. The second-order valence-electron chi connectivity index (χ2n) is 9.29. The number of nitrogens with one attached hydrogen (secondary N) is 1. The van der Waals surface area contributed by atoms with Crippen LogP contribution < -0.4 is 5.32 Å². The van der Waals surface area contributed by atoms with Gasteiger partial charge in [-0.15, -0.1) is 0 Å². The number of halogens is 3. The second-order valence-corrected chi connectivity index (χ2v) is 9.29. The summed E-state index contributed by atoms with van der Waals surface area (Å²) >= 11 is 0. The number of benzene rings is 2. The van der Waals surface area contributed by atoms with Crippen LogP contribution in [0.4, 0.5) is 13.2 Å². The van der Waals surface area contributed by atoms with Crippen LogP contribution in [0.3, 0.4) is 0 Å². The maximum Gasteiger partial charge on any atom is 0.430 e. The molecule has 1 N–H and O–H groups in total. The number of alkyl halides is 3. The van der Waals surface area contributed by atoms with Gasteiger partial charge in [0.15, 0.2) is 0 Å². The van der Waals surface area contributed by atoms with Crippen molar-refractivity contribution >= 4 is 11.8 Å². The highest BCUT2D eigenvalue weighted by molar-refractivity contribution is 5.88. The monoisotopic (exact) mass is 474 g/mol. The van der Waals surface area contributed by atoms with E-state index < -0.39 is 23.1 Å². The molecular weight excluding hydrogens is 445 g/mol. The topological polar surface area (TPSA) is 58.6 Å². The fourth-order valence-electron chi connectivity index (χ4n) is 5.66. The van der Waals surface area contributed by atoms with Gasteiger partial charge in [-0.25, -0.2) is 0 Å². The van der Waals surface area contributed by atoms with Crippen molar-refractivity contribution in [2.75, 3.05) is 26.7 Å². The Bertz CT molecular complexity index is 1050. The molecule has 2 atom stereocenters. The van der Waals surface area contributed by atoms with Gasteiger partial charge in [0, 0.05) is 44.6 Å². The van der Waals surface area contributed by atoms with Gasteiger partial charge in [-0.3, -0.25) is 9.59 Å². The van der Waals surface area contributed by atoms with Gasteiger partial charge in [0.2, 0.25) is 5.91 Å². The normalized spacial score (nSPS) is 22.2. The first-order chi connectivity index (χ1) is 16.1. The molecule has 8 heteroatoms. The molecule has 5 nitrogen and oxygen atoms in total. The Hall–Kier alpha value is -2.87. The Morgan fingerprint density at radius 3 is 2.26 bits per heavy atom. The van der Waals surface area contributed by atoms with Gasteiger partial charge >= 0.3 is 6.18 Å². The fraction of sp³-hybridized carbons (Fsp3) is 0.462. The molecule has 0 aromatic heterocycles. The quantitative estimate of drug-likeness (QED) is 0.719. The predicted molar refractivity (Wildman–Crippen MR) is 121 cm³/mol. The summed E-state index contributed by atoms with van der Waals surface area (Å²) in [6.45, 7) is 2.76. The highest BCUT2D eigenvalue weighted by atomic mass is 19.4. The molecule has 4 rings (SSSR count). The highest BCUT2D eigenvalue weighted by Crippen LogP contribution is 2.51. The Kier molecular flexibility index (Phi) is 6.46. The number of likely N-dealkylation sites (tertiary alicyclic amines) is 1. The van der Waals surface area contributed by atoms with Gasteiger partial charge in [0.1, 0.15) is 0 Å². The molecule has 2 aliphatic rings. The van der Waals surface area contributed by atoms with Crippen molar-refractivity contribution in [1.82, 2.24) is 10.2 Å². The summed E-state index contributed by atoms with van der Waals surface area (Å²) in [6.07, 6.45) is -3.76. The van der Waals surface area contributed by atoms with E-state index in [4.69, 9.17) is 4.74 Å². The average Bonchev–Trinajstić information content (AvgIpc) is 2.81. The third-order valence-electron chi connectivity index (χ3n) is 7.55. The Labute approximate surface area is 197 Å². The van der Waals surface area contributed by atoms with Gasteiger partial charge in [-0.1, -0.05) is 54.6 Å². The van der Waals surface area contributed by atoms with Crippen LogP contribution in [0, 0.1) is 12.3 Å². The SMILES string of the molecule is CO[C@@](C(=O)N1CCC2(CC1)CC(=O)NCC2c1ccccc1C)(c1ccccc1)C(F)(F)F. The molecule has 1 unspecified atom stereocenters. The summed E-state index contributed by atoms with van der Waals surface area (Å²) in [7, 11) is 0.920. The number of hydrogen-bond donors (Lipinski definition) is 1. The zero-order chi connectivity index (χ0) is 24.6. The lowest BCUT2D eigenvalue weighted by atomic mass is 9.62. The third-order valence-corrected chi connectivity index (χ3v) is 7.55. The number of methoxy groups -OCH3 is 1. The van der Waals surface area contributed by atoms with Crippen LogP contribution in [-0.2, 0) is 19.9 Å². The number of hydrogen-bond acceptors (Lipinski definition) is 3. The zero-order valence-electron chi connectivity index (χ0n) is 19.3. The molecule has 0 bridgehead atoms. The second kappa shape index (κ2) is 9.06.